The summed E-state index contributed by atoms with van der Waals surface area (Å²) in [5, 5.41) is 3.28. The Kier molecular flexibility index (Phi) is 6.31. The Hall–Kier alpha value is -1.51. The Morgan fingerprint density at radius 2 is 2.04 bits per heavy atom. The number of amides is 1. The molecule has 2 rings (SSSR count). The van der Waals surface area contributed by atoms with Crippen molar-refractivity contribution in [1.29, 1.82) is 0 Å². The van der Waals surface area contributed by atoms with E-state index in [4.69, 9.17) is 0 Å². The smallest absolute Gasteiger partial charge is 0.242 e. The number of hydrogen-bond acceptors (Lipinski definition) is 4. The maximum absolute atomic E-state index is 12.9. The third-order valence-electron chi connectivity index (χ3n) is 4.11. The zero-order valence-corrected chi connectivity index (χ0v) is 14.9. The molecule has 24 heavy (non-hydrogen) atoms. The van der Waals surface area contributed by atoms with Crippen molar-refractivity contribution in [3.8, 4) is 0 Å². The molecule has 1 amide bonds. The molecule has 1 atom stereocenters. The lowest BCUT2D eigenvalue weighted by atomic mass is 10.2. The van der Waals surface area contributed by atoms with Crippen LogP contribution in [0.1, 0.15) is 19.8 Å². The molecule has 0 spiro atoms. The van der Waals surface area contributed by atoms with Gasteiger partial charge in [0.05, 0.1) is 4.90 Å². The highest BCUT2D eigenvalue weighted by Gasteiger charge is 2.23. The van der Waals surface area contributed by atoms with E-state index in [9.17, 15) is 17.6 Å². The molecular weight excluding hydrogens is 333 g/mol. The number of piperazine rings is 1. The van der Waals surface area contributed by atoms with Crippen LogP contribution in [0, 0.1) is 5.82 Å². The molecule has 6 nitrogen and oxygen atoms in total. The van der Waals surface area contributed by atoms with Gasteiger partial charge in [-0.05, 0) is 37.6 Å². The molecule has 0 aromatic heterocycles. The first kappa shape index (κ1) is 18.8. The van der Waals surface area contributed by atoms with Crippen LogP contribution < -0.4 is 5.32 Å². The van der Waals surface area contributed by atoms with E-state index >= 15 is 0 Å². The Balaban J connectivity index is 1.85. The van der Waals surface area contributed by atoms with Crippen LogP contribution in [0.2, 0.25) is 0 Å². The summed E-state index contributed by atoms with van der Waals surface area (Å²) < 4.78 is 38.8. The quantitative estimate of drug-likeness (QED) is 0.826. The van der Waals surface area contributed by atoms with Crippen molar-refractivity contribution in [3.05, 3.63) is 30.1 Å². The largest absolute Gasteiger partial charge is 0.340 e. The summed E-state index contributed by atoms with van der Waals surface area (Å²) in [5.41, 5.74) is 0. The molecule has 1 aromatic carbocycles. The third kappa shape index (κ3) is 4.75. The van der Waals surface area contributed by atoms with Gasteiger partial charge in [0.2, 0.25) is 15.9 Å². The normalized spacial score (nSPS) is 18.8. The highest BCUT2D eigenvalue weighted by atomic mass is 32.2. The van der Waals surface area contributed by atoms with E-state index in [1.165, 1.54) is 23.5 Å². The average molecular weight is 357 g/mol. The van der Waals surface area contributed by atoms with E-state index < -0.39 is 15.8 Å². The van der Waals surface area contributed by atoms with Crippen LogP contribution in [0.5, 0.6) is 0 Å². The second kappa shape index (κ2) is 8.04. The first-order valence-electron chi connectivity index (χ1n) is 8.04. The summed E-state index contributed by atoms with van der Waals surface area (Å²) in [6.07, 6.45) is 0.768. The van der Waals surface area contributed by atoms with Gasteiger partial charge in [-0.2, -0.15) is 0 Å². The van der Waals surface area contributed by atoms with Crippen LogP contribution in [0.25, 0.3) is 0 Å². The zero-order valence-electron chi connectivity index (χ0n) is 14.0. The van der Waals surface area contributed by atoms with Crippen molar-refractivity contribution >= 4 is 15.9 Å². The van der Waals surface area contributed by atoms with E-state index in [1.807, 2.05) is 11.8 Å². The third-order valence-corrected chi connectivity index (χ3v) is 5.98. The fourth-order valence-electron chi connectivity index (χ4n) is 2.68. The number of nitrogens with zero attached hydrogens (tertiary/aromatic N) is 2. The molecule has 1 heterocycles. The first-order chi connectivity index (χ1) is 11.3. The van der Waals surface area contributed by atoms with Crippen LogP contribution in [0.3, 0.4) is 0 Å². The van der Waals surface area contributed by atoms with Crippen molar-refractivity contribution in [2.45, 2.75) is 30.7 Å². The van der Waals surface area contributed by atoms with Gasteiger partial charge in [0.1, 0.15) is 5.82 Å². The van der Waals surface area contributed by atoms with Crippen molar-refractivity contribution in [2.24, 2.45) is 0 Å². The fraction of sp³-hybridized carbons (Fsp3) is 0.562. The summed E-state index contributed by atoms with van der Waals surface area (Å²) in [6.45, 7) is 4.43. The van der Waals surface area contributed by atoms with E-state index in [1.54, 1.807) is 0 Å². The van der Waals surface area contributed by atoms with Crippen LogP contribution in [0.4, 0.5) is 4.39 Å². The van der Waals surface area contributed by atoms with Gasteiger partial charge in [0.25, 0.3) is 0 Å². The molecule has 0 saturated carbocycles. The van der Waals surface area contributed by atoms with Crippen LogP contribution in [0.15, 0.2) is 29.2 Å². The molecule has 0 bridgehead atoms. The number of carbonyl (C=O) groups is 1. The predicted molar refractivity (Wildman–Crippen MR) is 89.5 cm³/mol. The molecule has 1 aromatic rings. The Bertz CT molecular complexity index is 664. The van der Waals surface area contributed by atoms with E-state index in [0.29, 0.717) is 25.9 Å². The lowest BCUT2D eigenvalue weighted by molar-refractivity contribution is -0.132. The summed E-state index contributed by atoms with van der Waals surface area (Å²) in [6, 6.07) is 5.01. The lowest BCUT2D eigenvalue weighted by Gasteiger charge is -2.32. The van der Waals surface area contributed by atoms with E-state index in [2.05, 4.69) is 5.32 Å². The maximum atomic E-state index is 12.9. The van der Waals surface area contributed by atoms with Crippen molar-refractivity contribution in [1.82, 2.24) is 14.5 Å². The molecular formula is C16H24FN3O3S. The molecule has 0 radical (unpaired) electrons. The Labute approximate surface area is 142 Å². The number of carbonyl (C=O) groups excluding carboxylic acids is 1. The number of halogens is 1. The van der Waals surface area contributed by atoms with Crippen molar-refractivity contribution in [3.63, 3.8) is 0 Å². The van der Waals surface area contributed by atoms with Crippen molar-refractivity contribution < 1.29 is 17.6 Å². The van der Waals surface area contributed by atoms with Gasteiger partial charge in [-0.3, -0.25) is 4.79 Å². The van der Waals surface area contributed by atoms with Gasteiger partial charge in [0.15, 0.2) is 0 Å². The SMILES string of the molecule is CC1CN(C(=O)CCCN(C)S(=O)(=O)c2ccc(F)cc2)CCN1. The van der Waals surface area contributed by atoms with Gasteiger partial charge in [-0.15, -0.1) is 0 Å². The van der Waals surface area contributed by atoms with Gasteiger partial charge in [0, 0.05) is 45.7 Å². The van der Waals surface area contributed by atoms with E-state index in [0.717, 1.165) is 18.7 Å². The summed E-state index contributed by atoms with van der Waals surface area (Å²) in [7, 11) is -2.19. The minimum Gasteiger partial charge on any atom is -0.340 e. The standard InChI is InChI=1S/C16H24FN3O3S/c1-13-12-20(11-9-18-13)16(21)4-3-10-19(2)24(22,23)15-7-5-14(17)6-8-15/h5-8,13,18H,3-4,9-12H2,1-2H3. The van der Waals surface area contributed by atoms with Gasteiger partial charge in [-0.1, -0.05) is 0 Å². The average Bonchev–Trinajstić information content (AvgIpc) is 2.55. The van der Waals surface area contributed by atoms with Crippen LogP contribution in [-0.2, 0) is 14.8 Å². The first-order valence-corrected chi connectivity index (χ1v) is 9.48. The molecule has 1 fully saturated rings. The predicted octanol–water partition coefficient (Wildman–Crippen LogP) is 1.05. The minimum absolute atomic E-state index is 0.0497. The topological polar surface area (TPSA) is 69.7 Å². The number of hydrogen-bond donors (Lipinski definition) is 1. The minimum atomic E-state index is -3.66. The highest BCUT2D eigenvalue weighted by Crippen LogP contribution is 2.15. The molecule has 1 saturated heterocycles. The Morgan fingerprint density at radius 1 is 1.38 bits per heavy atom. The van der Waals surface area contributed by atoms with Crippen molar-refractivity contribution in [2.75, 3.05) is 33.2 Å². The maximum Gasteiger partial charge on any atom is 0.242 e. The monoisotopic (exact) mass is 357 g/mol. The van der Waals surface area contributed by atoms with Crippen LogP contribution in [-0.4, -0.2) is 62.8 Å². The second-order valence-electron chi connectivity index (χ2n) is 6.08. The molecule has 1 aliphatic rings. The van der Waals surface area contributed by atoms with Gasteiger partial charge >= 0.3 is 0 Å². The summed E-state index contributed by atoms with van der Waals surface area (Å²) >= 11 is 0. The zero-order chi connectivity index (χ0) is 17.7. The molecule has 1 N–H and O–H groups in total. The summed E-state index contributed by atoms with van der Waals surface area (Å²) in [5.74, 6) is -0.427. The molecule has 1 aliphatic heterocycles. The van der Waals surface area contributed by atoms with Gasteiger partial charge in [-0.25, -0.2) is 17.1 Å². The molecule has 8 heteroatoms. The molecule has 1 unspecified atom stereocenters. The number of nitrogens with one attached hydrogen (secondary N) is 1. The van der Waals surface area contributed by atoms with E-state index in [-0.39, 0.29) is 23.4 Å². The number of benzene rings is 1. The highest BCUT2D eigenvalue weighted by molar-refractivity contribution is 7.89. The Morgan fingerprint density at radius 3 is 2.67 bits per heavy atom. The lowest BCUT2D eigenvalue weighted by Crippen LogP contribution is -2.51. The number of rotatable bonds is 6. The van der Waals surface area contributed by atoms with Gasteiger partial charge < -0.3 is 10.2 Å². The molecule has 134 valence electrons. The van der Waals surface area contributed by atoms with Crippen LogP contribution >= 0.6 is 0 Å². The summed E-state index contributed by atoms with van der Waals surface area (Å²) in [4.78, 5) is 14.0. The fourth-order valence-corrected chi connectivity index (χ4v) is 3.89. The number of sulfonamides is 1. The molecule has 0 aliphatic carbocycles. The second-order valence-corrected chi connectivity index (χ2v) is 8.12.